The second-order valence-electron chi connectivity index (χ2n) is 5.68. The van der Waals surface area contributed by atoms with Gasteiger partial charge in [-0.1, -0.05) is 57.1 Å². The standard InChI is InChI=1S/C19H11BrClN3O2S2/c20-11-6-4-10(5-7-11)13-8-9-14(26-13)17(25)23-18(27)24-19-22-16-12(21)2-1-3-15(16)28-19/h1-9H,(H2,22,23,24,25,27). The Morgan fingerprint density at radius 3 is 2.68 bits per heavy atom. The summed E-state index contributed by atoms with van der Waals surface area (Å²) >= 11 is 16.1. The number of hydrogen-bond acceptors (Lipinski definition) is 5. The van der Waals surface area contributed by atoms with Crippen LogP contribution in [0.2, 0.25) is 5.02 Å². The van der Waals surface area contributed by atoms with Gasteiger partial charge in [-0.05, 0) is 48.6 Å². The summed E-state index contributed by atoms with van der Waals surface area (Å²) in [5, 5.41) is 6.73. The average molecular weight is 493 g/mol. The van der Waals surface area contributed by atoms with Crippen molar-refractivity contribution in [3.05, 3.63) is 69.9 Å². The lowest BCUT2D eigenvalue weighted by Crippen LogP contribution is -2.33. The van der Waals surface area contributed by atoms with E-state index in [0.29, 0.717) is 21.4 Å². The summed E-state index contributed by atoms with van der Waals surface area (Å²) in [7, 11) is 0. The highest BCUT2D eigenvalue weighted by Crippen LogP contribution is 2.30. The van der Waals surface area contributed by atoms with Crippen molar-refractivity contribution in [2.24, 2.45) is 0 Å². The van der Waals surface area contributed by atoms with Crippen LogP contribution in [0.4, 0.5) is 5.13 Å². The minimum absolute atomic E-state index is 0.127. The highest BCUT2D eigenvalue weighted by Gasteiger charge is 2.15. The summed E-state index contributed by atoms with van der Waals surface area (Å²) in [6, 6.07) is 16.5. The number of furan rings is 1. The number of nitrogens with zero attached hydrogens (tertiary/aromatic N) is 1. The van der Waals surface area contributed by atoms with Crippen molar-refractivity contribution in [1.82, 2.24) is 10.3 Å². The predicted octanol–water partition coefficient (Wildman–Crippen LogP) is 6.10. The quantitative estimate of drug-likeness (QED) is 0.338. The summed E-state index contributed by atoms with van der Waals surface area (Å²) in [6.07, 6.45) is 0. The van der Waals surface area contributed by atoms with Crippen LogP contribution in [0, 0.1) is 0 Å². The SMILES string of the molecule is O=C(NC(=S)Nc1nc2c(Cl)cccc2s1)c1ccc(-c2ccc(Br)cc2)o1. The van der Waals surface area contributed by atoms with Crippen LogP contribution >= 0.6 is 51.1 Å². The van der Waals surface area contributed by atoms with Crippen molar-refractivity contribution >= 4 is 77.5 Å². The predicted molar refractivity (Wildman–Crippen MR) is 120 cm³/mol. The van der Waals surface area contributed by atoms with Crippen molar-refractivity contribution in [3.63, 3.8) is 0 Å². The van der Waals surface area contributed by atoms with Crippen molar-refractivity contribution in [3.8, 4) is 11.3 Å². The maximum absolute atomic E-state index is 12.4. The van der Waals surface area contributed by atoms with Gasteiger partial charge in [-0.2, -0.15) is 0 Å². The van der Waals surface area contributed by atoms with Gasteiger partial charge < -0.3 is 9.73 Å². The molecule has 0 spiro atoms. The van der Waals surface area contributed by atoms with Gasteiger partial charge in [-0.3, -0.25) is 10.1 Å². The maximum atomic E-state index is 12.4. The molecule has 0 aliphatic carbocycles. The smallest absolute Gasteiger partial charge is 0.293 e. The van der Waals surface area contributed by atoms with Crippen LogP contribution in [0.25, 0.3) is 21.5 Å². The van der Waals surface area contributed by atoms with Gasteiger partial charge in [0, 0.05) is 10.0 Å². The van der Waals surface area contributed by atoms with Crippen molar-refractivity contribution < 1.29 is 9.21 Å². The zero-order valence-electron chi connectivity index (χ0n) is 14.0. The fourth-order valence-corrected chi connectivity index (χ4v) is 4.18. The van der Waals surface area contributed by atoms with Gasteiger partial charge in [0.1, 0.15) is 11.3 Å². The number of amides is 1. The molecule has 0 aliphatic rings. The van der Waals surface area contributed by atoms with E-state index in [1.54, 1.807) is 18.2 Å². The molecule has 0 aliphatic heterocycles. The third-order valence-electron chi connectivity index (χ3n) is 3.78. The molecule has 0 fully saturated rings. The topological polar surface area (TPSA) is 67.2 Å². The first kappa shape index (κ1) is 19.1. The molecule has 0 radical (unpaired) electrons. The average Bonchev–Trinajstić information content (AvgIpc) is 3.30. The molecule has 2 N–H and O–H groups in total. The lowest BCUT2D eigenvalue weighted by molar-refractivity contribution is 0.0951. The Labute approximate surface area is 182 Å². The minimum atomic E-state index is -0.444. The fraction of sp³-hybridized carbons (Fsp3) is 0. The van der Waals surface area contributed by atoms with Crippen LogP contribution in [0.5, 0.6) is 0 Å². The number of hydrogen-bond donors (Lipinski definition) is 2. The van der Waals surface area contributed by atoms with Crippen LogP contribution in [0.1, 0.15) is 10.6 Å². The maximum Gasteiger partial charge on any atom is 0.293 e. The minimum Gasteiger partial charge on any atom is -0.451 e. The lowest BCUT2D eigenvalue weighted by atomic mass is 10.2. The molecule has 2 aromatic heterocycles. The van der Waals surface area contributed by atoms with Gasteiger partial charge in [0.2, 0.25) is 0 Å². The number of fused-ring (bicyclic) bond motifs is 1. The number of anilines is 1. The van der Waals surface area contributed by atoms with Crippen molar-refractivity contribution in [2.45, 2.75) is 0 Å². The van der Waals surface area contributed by atoms with Gasteiger partial charge in [-0.25, -0.2) is 4.98 Å². The molecule has 0 bridgehead atoms. The van der Waals surface area contributed by atoms with Gasteiger partial charge in [0.25, 0.3) is 5.91 Å². The van der Waals surface area contributed by atoms with E-state index in [2.05, 4.69) is 31.5 Å². The number of rotatable bonds is 3. The van der Waals surface area contributed by atoms with Crippen molar-refractivity contribution in [2.75, 3.05) is 5.32 Å². The second kappa shape index (κ2) is 8.00. The number of para-hydroxylation sites is 1. The first-order valence-electron chi connectivity index (χ1n) is 8.03. The van der Waals surface area contributed by atoms with Crippen LogP contribution in [0.15, 0.2) is 63.5 Å². The lowest BCUT2D eigenvalue weighted by Gasteiger charge is -2.05. The molecule has 4 aromatic rings. The third kappa shape index (κ3) is 4.10. The van der Waals surface area contributed by atoms with E-state index in [-0.39, 0.29) is 10.9 Å². The highest BCUT2D eigenvalue weighted by molar-refractivity contribution is 9.10. The van der Waals surface area contributed by atoms with E-state index in [1.165, 1.54) is 11.3 Å². The Balaban J connectivity index is 1.43. The monoisotopic (exact) mass is 491 g/mol. The zero-order chi connectivity index (χ0) is 19.7. The molecule has 2 aromatic carbocycles. The van der Waals surface area contributed by atoms with Crippen molar-refractivity contribution in [1.29, 1.82) is 0 Å². The first-order chi connectivity index (χ1) is 13.5. The molecule has 1 amide bonds. The Kier molecular flexibility index (Phi) is 5.45. The number of carbonyl (C=O) groups is 1. The van der Waals surface area contributed by atoms with Crippen LogP contribution < -0.4 is 10.6 Å². The molecule has 0 atom stereocenters. The molecule has 0 saturated carbocycles. The molecular formula is C19H11BrClN3O2S2. The molecular weight excluding hydrogens is 482 g/mol. The van der Waals surface area contributed by atoms with E-state index < -0.39 is 5.91 Å². The number of halogens is 2. The Hall–Kier alpha value is -2.26. The Morgan fingerprint density at radius 1 is 1.14 bits per heavy atom. The summed E-state index contributed by atoms with van der Waals surface area (Å²) in [4.78, 5) is 16.8. The van der Waals surface area contributed by atoms with E-state index in [9.17, 15) is 4.79 Å². The largest absolute Gasteiger partial charge is 0.451 e. The van der Waals surface area contributed by atoms with Gasteiger partial charge in [-0.15, -0.1) is 0 Å². The Bertz CT molecular complexity index is 1190. The zero-order valence-corrected chi connectivity index (χ0v) is 18.0. The van der Waals surface area contributed by atoms with E-state index >= 15 is 0 Å². The molecule has 4 rings (SSSR count). The number of thiocarbonyl (C=S) groups is 1. The molecule has 9 heteroatoms. The Morgan fingerprint density at radius 2 is 1.93 bits per heavy atom. The van der Waals surface area contributed by atoms with E-state index in [1.807, 2.05) is 36.4 Å². The second-order valence-corrected chi connectivity index (χ2v) is 8.45. The van der Waals surface area contributed by atoms with Gasteiger partial charge in [0.15, 0.2) is 16.0 Å². The molecule has 0 unspecified atom stereocenters. The molecule has 140 valence electrons. The number of thiazole rings is 1. The van der Waals surface area contributed by atoms with Crippen LogP contribution in [-0.2, 0) is 0 Å². The molecule has 0 saturated heterocycles. The summed E-state index contributed by atoms with van der Waals surface area (Å²) in [5.74, 6) is 0.312. The fourth-order valence-electron chi connectivity index (χ4n) is 2.49. The number of carbonyl (C=O) groups excluding carboxylic acids is 1. The van der Waals surface area contributed by atoms with Crippen LogP contribution in [-0.4, -0.2) is 16.0 Å². The summed E-state index contributed by atoms with van der Waals surface area (Å²) < 4.78 is 7.53. The van der Waals surface area contributed by atoms with E-state index in [0.717, 1.165) is 14.7 Å². The first-order valence-corrected chi connectivity index (χ1v) is 10.4. The number of nitrogens with one attached hydrogen (secondary N) is 2. The molecule has 5 nitrogen and oxygen atoms in total. The normalized spacial score (nSPS) is 10.8. The summed E-state index contributed by atoms with van der Waals surface area (Å²) in [5.41, 5.74) is 1.56. The van der Waals surface area contributed by atoms with E-state index in [4.69, 9.17) is 28.2 Å². The number of aromatic nitrogens is 1. The highest BCUT2D eigenvalue weighted by atomic mass is 79.9. The number of benzene rings is 2. The molecule has 2 heterocycles. The van der Waals surface area contributed by atoms with Gasteiger partial charge >= 0.3 is 0 Å². The summed E-state index contributed by atoms with van der Waals surface area (Å²) in [6.45, 7) is 0. The molecule has 28 heavy (non-hydrogen) atoms. The van der Waals surface area contributed by atoms with Crippen LogP contribution in [0.3, 0.4) is 0 Å². The third-order valence-corrected chi connectivity index (χ3v) is 5.75. The van der Waals surface area contributed by atoms with Gasteiger partial charge in [0.05, 0.1) is 9.72 Å².